The van der Waals surface area contributed by atoms with E-state index in [1.807, 2.05) is 0 Å². The van der Waals surface area contributed by atoms with Crippen LogP contribution in [0, 0.1) is 46.3 Å². The van der Waals surface area contributed by atoms with Crippen LogP contribution in [0.5, 0.6) is 0 Å². The van der Waals surface area contributed by atoms with Crippen molar-refractivity contribution in [1.29, 1.82) is 0 Å². The topological polar surface area (TPSA) is 141 Å². The van der Waals surface area contributed by atoms with Gasteiger partial charge in [0, 0.05) is 38.4 Å². The Kier molecular flexibility index (Phi) is 14.7. The first-order valence-corrected chi connectivity index (χ1v) is 18.6. The van der Waals surface area contributed by atoms with E-state index in [-0.39, 0.29) is 11.5 Å². The molecule has 4 fully saturated rings. The van der Waals surface area contributed by atoms with E-state index in [1.54, 1.807) is 0 Å². The highest BCUT2D eigenvalue weighted by atomic mass is 16.5. The Labute approximate surface area is 269 Å². The molecule has 4 aliphatic rings. The van der Waals surface area contributed by atoms with Crippen LogP contribution in [0.25, 0.3) is 0 Å². The Hall–Kier alpha value is -0.320. The summed E-state index contributed by atoms with van der Waals surface area (Å²) in [6, 6.07) is 0. The van der Waals surface area contributed by atoms with Gasteiger partial charge in [-0.25, -0.2) is 0 Å². The minimum Gasteiger partial charge on any atom is -0.381 e. The van der Waals surface area contributed by atoms with Crippen LogP contribution in [0.15, 0.2) is 0 Å². The number of ether oxygens (including phenoxy) is 4. The van der Waals surface area contributed by atoms with Gasteiger partial charge in [-0.3, -0.25) is 0 Å². The van der Waals surface area contributed by atoms with E-state index >= 15 is 0 Å². The summed E-state index contributed by atoms with van der Waals surface area (Å²) in [4.78, 5) is 0. The van der Waals surface area contributed by atoms with Crippen molar-refractivity contribution in [2.24, 2.45) is 69.3 Å². The van der Waals surface area contributed by atoms with Gasteiger partial charge in [0.05, 0.1) is 18.3 Å². The number of hydrogen-bond acceptors (Lipinski definition) is 8. The first kappa shape index (κ1) is 36.5. The third-order valence-corrected chi connectivity index (χ3v) is 12.9. The predicted molar refractivity (Wildman–Crippen MR) is 179 cm³/mol. The monoisotopic (exact) mass is 623 g/mol. The quantitative estimate of drug-likeness (QED) is 0.141. The molecular formula is C36H70N4O4. The van der Waals surface area contributed by atoms with E-state index in [0.29, 0.717) is 79.3 Å². The fourth-order valence-electron chi connectivity index (χ4n) is 10.6. The van der Waals surface area contributed by atoms with E-state index in [0.717, 1.165) is 90.8 Å². The van der Waals surface area contributed by atoms with Crippen LogP contribution in [0.2, 0.25) is 0 Å². The van der Waals surface area contributed by atoms with Gasteiger partial charge in [-0.05, 0) is 151 Å². The number of hydrogen-bond donors (Lipinski definition) is 4. The van der Waals surface area contributed by atoms with Gasteiger partial charge in [0.1, 0.15) is 0 Å². The molecule has 44 heavy (non-hydrogen) atoms. The average Bonchev–Trinajstić information content (AvgIpc) is 3.38. The van der Waals surface area contributed by atoms with Crippen LogP contribution in [0.3, 0.4) is 0 Å². The Morgan fingerprint density at radius 1 is 0.682 bits per heavy atom. The van der Waals surface area contributed by atoms with Crippen LogP contribution < -0.4 is 22.9 Å². The standard InChI is InChI=1S/C36H70N4O4/c1-26(9-4-18-41-19-5-14-37)29-10-11-30-34-31(25-33(36(29,30)3)44-22-8-17-40)35(2)13-12-28(42-20-6-15-38)23-27(35)24-32(34)43-21-7-16-39/h26-34H,4-25,37-40H2,1-3H3/t26?,27?,28-,29?,30+,31+,32-,33+,34?,35+,36-/m1/s1. The van der Waals surface area contributed by atoms with Crippen molar-refractivity contribution in [2.75, 3.05) is 59.2 Å². The molecule has 0 aromatic heterocycles. The minimum atomic E-state index is 0.150. The molecule has 4 unspecified atom stereocenters. The lowest BCUT2D eigenvalue weighted by molar-refractivity contribution is -0.227. The molecule has 0 bridgehead atoms. The van der Waals surface area contributed by atoms with Crippen molar-refractivity contribution in [1.82, 2.24) is 0 Å². The largest absolute Gasteiger partial charge is 0.381 e. The molecule has 258 valence electrons. The van der Waals surface area contributed by atoms with Crippen LogP contribution in [0.1, 0.15) is 104 Å². The summed E-state index contributed by atoms with van der Waals surface area (Å²) < 4.78 is 26.1. The second kappa shape index (κ2) is 17.7. The number of fused-ring (bicyclic) bond motifs is 5. The third-order valence-electron chi connectivity index (χ3n) is 12.9. The van der Waals surface area contributed by atoms with E-state index in [2.05, 4.69) is 20.8 Å². The summed E-state index contributed by atoms with van der Waals surface area (Å²) in [5, 5.41) is 0. The average molecular weight is 623 g/mol. The van der Waals surface area contributed by atoms with Crippen LogP contribution >= 0.6 is 0 Å². The zero-order valence-corrected chi connectivity index (χ0v) is 28.7. The summed E-state index contributed by atoms with van der Waals surface area (Å²) in [6.45, 7) is 14.4. The Morgan fingerprint density at radius 2 is 1.32 bits per heavy atom. The van der Waals surface area contributed by atoms with E-state index in [9.17, 15) is 0 Å². The van der Waals surface area contributed by atoms with Crippen LogP contribution in [-0.2, 0) is 18.9 Å². The smallest absolute Gasteiger partial charge is 0.0637 e. The Morgan fingerprint density at radius 3 is 2.02 bits per heavy atom. The molecule has 0 aromatic carbocycles. The van der Waals surface area contributed by atoms with Crippen molar-refractivity contribution in [2.45, 2.75) is 123 Å². The highest BCUT2D eigenvalue weighted by molar-refractivity contribution is 5.15. The zero-order chi connectivity index (χ0) is 31.6. The van der Waals surface area contributed by atoms with Crippen molar-refractivity contribution < 1.29 is 18.9 Å². The van der Waals surface area contributed by atoms with Gasteiger partial charge >= 0.3 is 0 Å². The van der Waals surface area contributed by atoms with Crippen molar-refractivity contribution in [3.8, 4) is 0 Å². The van der Waals surface area contributed by atoms with Gasteiger partial charge in [0.25, 0.3) is 0 Å². The molecule has 4 aliphatic carbocycles. The van der Waals surface area contributed by atoms with Crippen LogP contribution in [-0.4, -0.2) is 77.5 Å². The number of rotatable bonds is 20. The van der Waals surface area contributed by atoms with Crippen LogP contribution in [0.4, 0.5) is 0 Å². The highest BCUT2D eigenvalue weighted by Gasteiger charge is 2.66. The zero-order valence-electron chi connectivity index (χ0n) is 28.7. The molecule has 11 atom stereocenters. The normalized spacial score (nSPS) is 39.1. The molecule has 0 amide bonds. The second-order valence-corrected chi connectivity index (χ2v) is 15.4. The maximum atomic E-state index is 6.97. The lowest BCUT2D eigenvalue weighted by atomic mass is 9.43. The predicted octanol–water partition coefficient (Wildman–Crippen LogP) is 4.85. The third kappa shape index (κ3) is 8.21. The van der Waals surface area contributed by atoms with E-state index in [4.69, 9.17) is 41.9 Å². The number of nitrogens with two attached hydrogens (primary N) is 4. The highest BCUT2D eigenvalue weighted by Crippen LogP contribution is 2.69. The molecule has 0 radical (unpaired) electrons. The first-order valence-electron chi connectivity index (χ1n) is 18.6. The summed E-state index contributed by atoms with van der Waals surface area (Å²) in [6.07, 6.45) is 15.4. The van der Waals surface area contributed by atoms with Gasteiger partial charge in [0.2, 0.25) is 0 Å². The minimum absolute atomic E-state index is 0.150. The molecule has 0 spiro atoms. The van der Waals surface area contributed by atoms with Gasteiger partial charge in [0.15, 0.2) is 0 Å². The maximum Gasteiger partial charge on any atom is 0.0637 e. The second-order valence-electron chi connectivity index (χ2n) is 15.4. The summed E-state index contributed by atoms with van der Waals surface area (Å²) in [5.74, 6) is 3.73. The van der Waals surface area contributed by atoms with Gasteiger partial charge in [-0.15, -0.1) is 0 Å². The maximum absolute atomic E-state index is 6.97. The fourth-order valence-corrected chi connectivity index (χ4v) is 10.6. The van der Waals surface area contributed by atoms with E-state index < -0.39 is 0 Å². The molecule has 8 heteroatoms. The molecule has 0 saturated heterocycles. The Balaban J connectivity index is 1.57. The first-order chi connectivity index (χ1) is 21.3. The molecular weight excluding hydrogens is 552 g/mol. The molecule has 0 heterocycles. The molecule has 0 aromatic rings. The van der Waals surface area contributed by atoms with Gasteiger partial charge < -0.3 is 41.9 Å². The lowest BCUT2D eigenvalue weighted by Crippen LogP contribution is -2.63. The summed E-state index contributed by atoms with van der Waals surface area (Å²) >= 11 is 0. The van der Waals surface area contributed by atoms with Crippen molar-refractivity contribution in [3.63, 3.8) is 0 Å². The van der Waals surface area contributed by atoms with Gasteiger partial charge in [-0.1, -0.05) is 20.8 Å². The van der Waals surface area contributed by atoms with Gasteiger partial charge in [-0.2, -0.15) is 0 Å². The van der Waals surface area contributed by atoms with Crippen molar-refractivity contribution >= 4 is 0 Å². The molecule has 4 rings (SSSR count). The lowest BCUT2D eigenvalue weighted by Gasteiger charge is -2.65. The van der Waals surface area contributed by atoms with Crippen molar-refractivity contribution in [3.05, 3.63) is 0 Å². The molecule has 8 N–H and O–H groups in total. The van der Waals surface area contributed by atoms with E-state index in [1.165, 1.54) is 25.7 Å². The fraction of sp³-hybridized carbons (Fsp3) is 1.00. The molecule has 8 nitrogen and oxygen atoms in total. The SMILES string of the molecule is CC(CCCOCCCN)C1CC[C@H]2C3[C@H](OCCCN)CC4C[C@H](OCCCN)CC[C@]4(C)[C@H]3C[C@H](OCCCN)[C@]12C. The molecule has 0 aliphatic heterocycles. The summed E-state index contributed by atoms with van der Waals surface area (Å²) in [7, 11) is 0. The Bertz CT molecular complexity index is 821. The molecule has 4 saturated carbocycles. The summed E-state index contributed by atoms with van der Waals surface area (Å²) in [5.41, 5.74) is 23.8.